The molecule has 6 nitrogen and oxygen atoms in total. The van der Waals surface area contributed by atoms with Crippen LogP contribution in [0.25, 0.3) is 0 Å². The Morgan fingerprint density at radius 3 is 2.79 bits per heavy atom. The molecule has 0 radical (unpaired) electrons. The minimum absolute atomic E-state index is 0.0802. The van der Waals surface area contributed by atoms with Gasteiger partial charge in [-0.3, -0.25) is 0 Å². The van der Waals surface area contributed by atoms with Gasteiger partial charge in [0.15, 0.2) is 11.6 Å². The lowest BCUT2D eigenvalue weighted by Gasteiger charge is -2.06. The Bertz CT molecular complexity index is 658. The smallest absolute Gasteiger partial charge is 0.328 e. The summed E-state index contributed by atoms with van der Waals surface area (Å²) in [6.07, 6.45) is 0. The zero-order chi connectivity index (χ0) is 13.8. The second-order valence-corrected chi connectivity index (χ2v) is 3.66. The van der Waals surface area contributed by atoms with Crippen molar-refractivity contribution in [3.05, 3.63) is 34.9 Å². The maximum absolute atomic E-state index is 13.6. The fraction of sp³-hybridized carbons (Fsp3) is 0.0909. The molecule has 0 unspecified atom stereocenters. The highest BCUT2D eigenvalue weighted by Gasteiger charge is 2.10. The van der Waals surface area contributed by atoms with Crippen LogP contribution in [0.15, 0.2) is 18.2 Å². The van der Waals surface area contributed by atoms with E-state index in [9.17, 15) is 4.39 Å². The van der Waals surface area contributed by atoms with Crippen molar-refractivity contribution in [3.8, 4) is 17.8 Å². The van der Waals surface area contributed by atoms with Crippen molar-refractivity contribution in [1.82, 2.24) is 15.0 Å². The minimum atomic E-state index is -0.693. The molecular formula is C11H7ClFN5O. The van der Waals surface area contributed by atoms with E-state index in [-0.39, 0.29) is 28.6 Å². The van der Waals surface area contributed by atoms with E-state index >= 15 is 0 Å². The molecule has 2 aromatic rings. The molecule has 0 amide bonds. The number of rotatable bonds is 3. The molecule has 96 valence electrons. The van der Waals surface area contributed by atoms with Gasteiger partial charge in [-0.05, 0) is 29.8 Å². The van der Waals surface area contributed by atoms with Crippen LogP contribution < -0.4 is 10.1 Å². The average Bonchev–Trinajstić information content (AvgIpc) is 2.40. The molecule has 0 spiro atoms. The summed E-state index contributed by atoms with van der Waals surface area (Å²) in [6.45, 7) is 0. The third kappa shape index (κ3) is 3.05. The van der Waals surface area contributed by atoms with Crippen LogP contribution in [-0.4, -0.2) is 22.0 Å². The highest BCUT2D eigenvalue weighted by Crippen LogP contribution is 2.23. The number of nitriles is 1. The Balaban J connectivity index is 2.31. The number of nitrogens with zero attached hydrogens (tertiary/aromatic N) is 4. The number of hydrogen-bond acceptors (Lipinski definition) is 6. The summed E-state index contributed by atoms with van der Waals surface area (Å²) in [5.74, 6) is -0.603. The highest BCUT2D eigenvalue weighted by molar-refractivity contribution is 6.28. The fourth-order valence-electron chi connectivity index (χ4n) is 1.24. The van der Waals surface area contributed by atoms with Gasteiger partial charge in [0, 0.05) is 7.05 Å². The van der Waals surface area contributed by atoms with E-state index in [1.165, 1.54) is 12.1 Å². The molecule has 1 N–H and O–H groups in total. The van der Waals surface area contributed by atoms with Crippen LogP contribution in [0.3, 0.4) is 0 Å². The summed E-state index contributed by atoms with van der Waals surface area (Å²) in [4.78, 5) is 11.3. The van der Waals surface area contributed by atoms with Crippen molar-refractivity contribution in [2.75, 3.05) is 12.4 Å². The monoisotopic (exact) mass is 279 g/mol. The number of nitrogens with one attached hydrogen (secondary N) is 1. The summed E-state index contributed by atoms with van der Waals surface area (Å²) in [5.41, 5.74) is 0.189. The van der Waals surface area contributed by atoms with Gasteiger partial charge in [0.25, 0.3) is 0 Å². The molecule has 0 aliphatic carbocycles. The molecule has 0 saturated carbocycles. The van der Waals surface area contributed by atoms with E-state index < -0.39 is 5.82 Å². The molecule has 1 heterocycles. The van der Waals surface area contributed by atoms with Crippen molar-refractivity contribution < 1.29 is 9.13 Å². The van der Waals surface area contributed by atoms with Gasteiger partial charge in [0.05, 0.1) is 11.6 Å². The molecule has 1 aromatic heterocycles. The van der Waals surface area contributed by atoms with Crippen LogP contribution in [-0.2, 0) is 0 Å². The third-order valence-corrected chi connectivity index (χ3v) is 2.24. The lowest BCUT2D eigenvalue weighted by Crippen LogP contribution is -2.01. The number of ether oxygens (including phenoxy) is 1. The van der Waals surface area contributed by atoms with Crippen LogP contribution in [0.4, 0.5) is 10.3 Å². The summed E-state index contributed by atoms with van der Waals surface area (Å²) < 4.78 is 18.8. The fourth-order valence-corrected chi connectivity index (χ4v) is 1.39. The zero-order valence-corrected chi connectivity index (χ0v) is 10.4. The van der Waals surface area contributed by atoms with Gasteiger partial charge in [0.1, 0.15) is 0 Å². The zero-order valence-electron chi connectivity index (χ0n) is 9.69. The molecule has 0 aliphatic heterocycles. The molecule has 0 bridgehead atoms. The predicted octanol–water partition coefficient (Wildman–Crippen LogP) is 2.37. The number of benzene rings is 1. The Morgan fingerprint density at radius 2 is 2.16 bits per heavy atom. The van der Waals surface area contributed by atoms with Gasteiger partial charge >= 0.3 is 6.01 Å². The third-order valence-electron chi connectivity index (χ3n) is 2.07. The largest absolute Gasteiger partial charge is 0.421 e. The summed E-state index contributed by atoms with van der Waals surface area (Å²) in [5, 5.41) is 11.2. The van der Waals surface area contributed by atoms with Crippen LogP contribution in [0.1, 0.15) is 5.56 Å². The quantitative estimate of drug-likeness (QED) is 0.928. The average molecular weight is 280 g/mol. The summed E-state index contributed by atoms with van der Waals surface area (Å²) >= 11 is 5.66. The molecular weight excluding hydrogens is 273 g/mol. The van der Waals surface area contributed by atoms with Crippen LogP contribution in [0.5, 0.6) is 11.8 Å². The molecule has 19 heavy (non-hydrogen) atoms. The first-order valence-corrected chi connectivity index (χ1v) is 5.47. The van der Waals surface area contributed by atoms with Crippen LogP contribution >= 0.6 is 11.6 Å². The second kappa shape index (κ2) is 5.46. The topological polar surface area (TPSA) is 83.7 Å². The van der Waals surface area contributed by atoms with Crippen molar-refractivity contribution >= 4 is 17.5 Å². The van der Waals surface area contributed by atoms with Crippen LogP contribution in [0, 0.1) is 17.1 Å². The van der Waals surface area contributed by atoms with Gasteiger partial charge in [-0.2, -0.15) is 20.2 Å². The summed E-state index contributed by atoms with van der Waals surface area (Å²) in [6, 6.07) is 5.45. The predicted molar refractivity (Wildman–Crippen MR) is 65.6 cm³/mol. The lowest BCUT2D eigenvalue weighted by atomic mass is 10.2. The van der Waals surface area contributed by atoms with E-state index in [0.29, 0.717) is 0 Å². The van der Waals surface area contributed by atoms with Crippen molar-refractivity contribution in [2.24, 2.45) is 0 Å². The number of anilines is 1. The summed E-state index contributed by atoms with van der Waals surface area (Å²) in [7, 11) is 1.59. The van der Waals surface area contributed by atoms with E-state index in [4.69, 9.17) is 21.6 Å². The molecule has 1 aromatic carbocycles. The van der Waals surface area contributed by atoms with Gasteiger partial charge in [-0.25, -0.2) is 4.39 Å². The Morgan fingerprint density at radius 1 is 1.37 bits per heavy atom. The number of aromatic nitrogens is 3. The Kier molecular flexibility index (Phi) is 3.73. The number of hydrogen-bond donors (Lipinski definition) is 1. The molecule has 0 saturated heterocycles. The molecule has 0 aliphatic rings. The van der Waals surface area contributed by atoms with Gasteiger partial charge in [-0.1, -0.05) is 0 Å². The normalized spacial score (nSPS) is 9.79. The standard InChI is InChI=1S/C11H7ClFN5O/c1-15-10-16-9(12)17-11(18-10)19-8-3-2-6(5-14)4-7(8)13/h2-4H,1H3,(H,15,16,17,18). The Hall–Kier alpha value is -2.46. The first kappa shape index (κ1) is 13.0. The van der Waals surface area contributed by atoms with E-state index in [1.807, 2.05) is 6.07 Å². The van der Waals surface area contributed by atoms with E-state index in [0.717, 1.165) is 6.07 Å². The minimum Gasteiger partial charge on any atom is -0.421 e. The molecule has 0 atom stereocenters. The van der Waals surface area contributed by atoms with Crippen molar-refractivity contribution in [1.29, 1.82) is 5.26 Å². The van der Waals surface area contributed by atoms with Gasteiger partial charge < -0.3 is 10.1 Å². The maximum Gasteiger partial charge on any atom is 0.328 e. The Labute approximate surface area is 112 Å². The maximum atomic E-state index is 13.6. The van der Waals surface area contributed by atoms with Gasteiger partial charge in [0.2, 0.25) is 11.2 Å². The van der Waals surface area contributed by atoms with Crippen molar-refractivity contribution in [3.63, 3.8) is 0 Å². The first-order valence-electron chi connectivity index (χ1n) is 5.09. The number of halogens is 2. The van der Waals surface area contributed by atoms with E-state index in [1.54, 1.807) is 7.05 Å². The van der Waals surface area contributed by atoms with E-state index in [2.05, 4.69) is 20.3 Å². The van der Waals surface area contributed by atoms with Crippen LogP contribution in [0.2, 0.25) is 5.28 Å². The van der Waals surface area contributed by atoms with Crippen molar-refractivity contribution in [2.45, 2.75) is 0 Å². The lowest BCUT2D eigenvalue weighted by molar-refractivity contribution is 0.410. The first-order chi connectivity index (χ1) is 9.12. The molecule has 8 heteroatoms. The highest BCUT2D eigenvalue weighted by atomic mass is 35.5. The van der Waals surface area contributed by atoms with Gasteiger partial charge in [-0.15, -0.1) is 0 Å². The second-order valence-electron chi connectivity index (χ2n) is 3.32. The SMILES string of the molecule is CNc1nc(Cl)nc(Oc2ccc(C#N)cc2F)n1. The molecule has 2 rings (SSSR count). The molecule has 0 fully saturated rings.